The van der Waals surface area contributed by atoms with E-state index < -0.39 is 17.3 Å². The Morgan fingerprint density at radius 1 is 1.03 bits per heavy atom. The number of carbonyl (C=O) groups is 1. The molecule has 39 heavy (non-hydrogen) atoms. The number of rotatable bonds is 4. The Kier molecular flexibility index (Phi) is 6.39. The summed E-state index contributed by atoms with van der Waals surface area (Å²) in [6.45, 7) is 0.828. The molecule has 0 atom stereocenters. The Morgan fingerprint density at radius 3 is 2.56 bits per heavy atom. The lowest BCUT2D eigenvalue weighted by molar-refractivity contribution is -0.137. The average Bonchev–Trinajstić information content (AvgIpc) is 3.36. The Balaban J connectivity index is 1.10. The van der Waals surface area contributed by atoms with Crippen molar-refractivity contribution in [2.45, 2.75) is 37.5 Å². The minimum Gasteiger partial charge on any atom is -0.385 e. The highest BCUT2D eigenvalue weighted by Crippen LogP contribution is 2.39. The van der Waals surface area contributed by atoms with E-state index >= 15 is 0 Å². The minimum absolute atomic E-state index is 0.260. The van der Waals surface area contributed by atoms with Crippen molar-refractivity contribution < 1.29 is 23.1 Å². The number of aliphatic hydroxyl groups is 1. The predicted octanol–water partition coefficient (Wildman–Crippen LogP) is 6.06. The second-order valence-electron chi connectivity index (χ2n) is 9.90. The van der Waals surface area contributed by atoms with Gasteiger partial charge in [-0.25, -0.2) is 9.97 Å². The summed E-state index contributed by atoms with van der Waals surface area (Å²) < 4.78 is 39.4. The summed E-state index contributed by atoms with van der Waals surface area (Å²) in [7, 11) is 0. The maximum Gasteiger partial charge on any atom is 0.416 e. The molecule has 2 aromatic carbocycles. The quantitative estimate of drug-likeness (QED) is 0.323. The van der Waals surface area contributed by atoms with Crippen LogP contribution in [0.1, 0.15) is 44.8 Å². The molecule has 1 aliphatic carbocycles. The van der Waals surface area contributed by atoms with Gasteiger partial charge in [0.2, 0.25) is 0 Å². The number of fused-ring (bicyclic) bond motifs is 3. The number of aromatic nitrogens is 2. The number of thiazole rings is 1. The number of anilines is 2. The van der Waals surface area contributed by atoms with Crippen LogP contribution in [0.5, 0.6) is 0 Å². The summed E-state index contributed by atoms with van der Waals surface area (Å²) in [5.74, 6) is 0.338. The van der Waals surface area contributed by atoms with Crippen LogP contribution >= 0.6 is 11.3 Å². The van der Waals surface area contributed by atoms with Crippen molar-refractivity contribution in [1.29, 1.82) is 0 Å². The van der Waals surface area contributed by atoms with Gasteiger partial charge in [-0.2, -0.15) is 13.2 Å². The number of halogens is 3. The highest BCUT2D eigenvalue weighted by atomic mass is 32.1. The summed E-state index contributed by atoms with van der Waals surface area (Å²) >= 11 is 1.49. The van der Waals surface area contributed by atoms with E-state index in [0.29, 0.717) is 29.6 Å². The van der Waals surface area contributed by atoms with Crippen LogP contribution in [0.3, 0.4) is 0 Å². The fourth-order valence-electron chi connectivity index (χ4n) is 5.26. The van der Waals surface area contributed by atoms with Crippen molar-refractivity contribution in [2.75, 3.05) is 23.3 Å². The summed E-state index contributed by atoms with van der Waals surface area (Å²) in [4.78, 5) is 25.1. The standard InChI is InChI=1S/C29H25F3N4O2S/c30-29(31,32)21-6-3-5-20(16-21)28(38)12-14-36(15-13-28)24-11-9-19(17-33-24)26(37)35-27-34-25-22-7-2-1-4-18(22)8-10-23(25)39-27/h1-7,9,11,16-17,38H,8,10,12-15H2,(H,34,35,37). The number of alkyl halides is 3. The van der Waals surface area contributed by atoms with E-state index in [9.17, 15) is 23.1 Å². The molecule has 3 heterocycles. The smallest absolute Gasteiger partial charge is 0.385 e. The van der Waals surface area contributed by atoms with Crippen molar-refractivity contribution in [1.82, 2.24) is 9.97 Å². The second kappa shape index (κ2) is 9.77. The van der Waals surface area contributed by atoms with Crippen LogP contribution in [0.2, 0.25) is 0 Å². The number of nitrogens with one attached hydrogen (secondary N) is 1. The van der Waals surface area contributed by atoms with Crippen LogP contribution in [0.4, 0.5) is 24.1 Å². The summed E-state index contributed by atoms with van der Waals surface area (Å²) in [5, 5.41) is 14.5. The summed E-state index contributed by atoms with van der Waals surface area (Å²) in [5.41, 5.74) is 1.86. The maximum atomic E-state index is 13.1. The SMILES string of the molecule is O=C(Nc1nc2c(s1)CCc1ccccc1-2)c1ccc(N2CCC(O)(c3cccc(C(F)(F)F)c3)CC2)nc1. The minimum atomic E-state index is -4.46. The number of hydrogen-bond donors (Lipinski definition) is 2. The molecule has 4 aromatic rings. The number of piperidine rings is 1. The van der Waals surface area contributed by atoms with Gasteiger partial charge in [0.25, 0.3) is 5.91 Å². The fraction of sp³-hybridized carbons (Fsp3) is 0.276. The number of amides is 1. The first-order valence-electron chi connectivity index (χ1n) is 12.7. The molecular weight excluding hydrogens is 525 g/mol. The third-order valence-electron chi connectivity index (χ3n) is 7.46. The summed E-state index contributed by atoms with van der Waals surface area (Å²) in [6.07, 6.45) is -0.588. The summed E-state index contributed by atoms with van der Waals surface area (Å²) in [6, 6.07) is 16.5. The van der Waals surface area contributed by atoms with Gasteiger partial charge >= 0.3 is 6.18 Å². The van der Waals surface area contributed by atoms with Crippen molar-refractivity contribution in [3.8, 4) is 11.3 Å². The van der Waals surface area contributed by atoms with E-state index in [2.05, 4.69) is 27.4 Å². The van der Waals surface area contributed by atoms with Crippen LogP contribution in [0, 0.1) is 0 Å². The molecule has 0 spiro atoms. The molecule has 2 aliphatic rings. The highest BCUT2D eigenvalue weighted by Gasteiger charge is 2.37. The first-order chi connectivity index (χ1) is 18.7. The third-order valence-corrected chi connectivity index (χ3v) is 8.49. The zero-order valence-electron chi connectivity index (χ0n) is 20.8. The van der Waals surface area contributed by atoms with Crippen LogP contribution in [0.15, 0.2) is 66.9 Å². The first kappa shape index (κ1) is 25.5. The van der Waals surface area contributed by atoms with E-state index in [1.807, 2.05) is 17.0 Å². The van der Waals surface area contributed by atoms with Gasteiger partial charge in [-0.05, 0) is 61.1 Å². The topological polar surface area (TPSA) is 78.4 Å². The van der Waals surface area contributed by atoms with E-state index in [0.717, 1.165) is 41.1 Å². The van der Waals surface area contributed by atoms with Crippen LogP contribution in [0.25, 0.3) is 11.3 Å². The molecule has 1 amide bonds. The number of nitrogens with zero attached hydrogens (tertiary/aromatic N) is 3. The van der Waals surface area contributed by atoms with Crippen molar-refractivity contribution in [2.24, 2.45) is 0 Å². The van der Waals surface area contributed by atoms with E-state index in [1.165, 1.54) is 35.2 Å². The molecule has 2 N–H and O–H groups in total. The van der Waals surface area contributed by atoms with Gasteiger partial charge in [0, 0.05) is 29.7 Å². The average molecular weight is 551 g/mol. The van der Waals surface area contributed by atoms with Gasteiger partial charge in [-0.3, -0.25) is 10.1 Å². The van der Waals surface area contributed by atoms with Crippen LogP contribution in [-0.2, 0) is 24.6 Å². The molecule has 1 aliphatic heterocycles. The van der Waals surface area contributed by atoms with Gasteiger partial charge in [-0.15, -0.1) is 11.3 Å². The zero-order valence-corrected chi connectivity index (χ0v) is 21.6. The number of carbonyl (C=O) groups excluding carboxylic acids is 1. The fourth-order valence-corrected chi connectivity index (χ4v) is 6.23. The molecule has 6 nitrogen and oxygen atoms in total. The molecule has 1 fully saturated rings. The Bertz CT molecular complexity index is 1530. The first-order valence-corrected chi connectivity index (χ1v) is 13.5. The highest BCUT2D eigenvalue weighted by molar-refractivity contribution is 7.16. The largest absolute Gasteiger partial charge is 0.416 e. The lowest BCUT2D eigenvalue weighted by Gasteiger charge is -2.39. The Morgan fingerprint density at radius 2 is 1.82 bits per heavy atom. The van der Waals surface area contributed by atoms with Crippen LogP contribution in [-0.4, -0.2) is 34.1 Å². The monoisotopic (exact) mass is 550 g/mol. The third kappa shape index (κ3) is 5.02. The van der Waals surface area contributed by atoms with Gasteiger partial charge in [0.1, 0.15) is 5.82 Å². The molecule has 0 bridgehead atoms. The molecular formula is C29H25F3N4O2S. The lowest BCUT2D eigenvalue weighted by Crippen LogP contribution is -2.43. The number of pyridine rings is 1. The zero-order chi connectivity index (χ0) is 27.2. The molecule has 1 saturated heterocycles. The van der Waals surface area contributed by atoms with Crippen molar-refractivity contribution in [3.63, 3.8) is 0 Å². The van der Waals surface area contributed by atoms with E-state index in [-0.39, 0.29) is 24.3 Å². The lowest BCUT2D eigenvalue weighted by atomic mass is 9.83. The molecule has 6 rings (SSSR count). The molecule has 0 radical (unpaired) electrons. The normalized spacial score (nSPS) is 16.4. The Hall–Kier alpha value is -3.76. The van der Waals surface area contributed by atoms with Crippen molar-refractivity contribution in [3.05, 3.63) is 94.0 Å². The van der Waals surface area contributed by atoms with Crippen molar-refractivity contribution >= 4 is 28.2 Å². The molecule has 10 heteroatoms. The second-order valence-corrected chi connectivity index (χ2v) is 11.0. The van der Waals surface area contributed by atoms with E-state index in [4.69, 9.17) is 0 Å². The van der Waals surface area contributed by atoms with Crippen LogP contribution < -0.4 is 10.2 Å². The maximum absolute atomic E-state index is 13.1. The molecule has 200 valence electrons. The number of aryl methyl sites for hydroxylation is 2. The van der Waals surface area contributed by atoms with E-state index in [1.54, 1.807) is 12.1 Å². The van der Waals surface area contributed by atoms with Gasteiger partial charge in [-0.1, -0.05) is 36.4 Å². The number of hydrogen-bond acceptors (Lipinski definition) is 6. The number of benzene rings is 2. The van der Waals surface area contributed by atoms with Gasteiger partial charge < -0.3 is 10.0 Å². The molecule has 0 unspecified atom stereocenters. The predicted molar refractivity (Wildman–Crippen MR) is 144 cm³/mol. The van der Waals surface area contributed by atoms with Gasteiger partial charge in [0.05, 0.1) is 22.4 Å². The Labute approximate surface area is 227 Å². The molecule has 0 saturated carbocycles. The molecule has 2 aromatic heterocycles. The van der Waals surface area contributed by atoms with Gasteiger partial charge in [0.15, 0.2) is 5.13 Å².